The van der Waals surface area contributed by atoms with E-state index in [0.717, 1.165) is 57.3 Å². The number of alkyl halides is 1. The third-order valence-corrected chi connectivity index (χ3v) is 11.5. The van der Waals surface area contributed by atoms with Crippen LogP contribution in [0.4, 0.5) is 23.7 Å². The van der Waals surface area contributed by atoms with Gasteiger partial charge in [0.25, 0.3) is 0 Å². The van der Waals surface area contributed by atoms with E-state index < -0.39 is 23.0 Å². The number of anilines is 1. The number of amides is 1. The molecule has 3 heterocycles. The molecule has 1 saturated carbocycles. The Morgan fingerprint density at radius 2 is 1.82 bits per heavy atom. The Bertz CT molecular complexity index is 1530. The molecule has 3 saturated heterocycles. The monoisotopic (exact) mass is 696 g/mol. The normalized spacial score (nSPS) is 24.4. The molecule has 6 rings (SSSR count). The van der Waals surface area contributed by atoms with Crippen LogP contribution in [0.25, 0.3) is 0 Å². The molecule has 0 aromatic heterocycles. The Morgan fingerprint density at radius 3 is 2.48 bits per heavy atom. The molecule has 9 nitrogen and oxygen atoms in total. The third-order valence-electron chi connectivity index (χ3n) is 11.5. The molecule has 1 unspecified atom stereocenters. The summed E-state index contributed by atoms with van der Waals surface area (Å²) in [7, 11) is 5.02. The fourth-order valence-electron chi connectivity index (χ4n) is 9.30. The second-order valence-corrected chi connectivity index (χ2v) is 15.1. The summed E-state index contributed by atoms with van der Waals surface area (Å²) in [5.74, 6) is -0.496. The Hall–Kier alpha value is -3.37. The number of nitriles is 1. The zero-order chi connectivity index (χ0) is 35.5. The SMILES string of the molecule is COC(=O)N[C@H]1CCC[C@@H]1C(CN1CCOCC1)(c1cccc(F)c1)C1CCN(CC2(F)CN(c3ccc(C#N)c(CN(C)C)c3F)C2)CC1. The van der Waals surface area contributed by atoms with Crippen molar-refractivity contribution in [1.29, 1.82) is 5.26 Å². The summed E-state index contributed by atoms with van der Waals surface area (Å²) in [5, 5.41) is 12.6. The quantitative estimate of drug-likeness (QED) is 0.354. The molecular weight excluding hydrogens is 645 g/mol. The van der Waals surface area contributed by atoms with Gasteiger partial charge in [-0.15, -0.1) is 0 Å². The minimum absolute atomic E-state index is 0.0650. The van der Waals surface area contributed by atoms with Crippen molar-refractivity contribution in [3.05, 3.63) is 64.7 Å². The van der Waals surface area contributed by atoms with Crippen LogP contribution in [0, 0.1) is 34.8 Å². The number of rotatable bonds is 11. The Morgan fingerprint density at radius 1 is 1.08 bits per heavy atom. The molecule has 0 bridgehead atoms. The van der Waals surface area contributed by atoms with Crippen LogP contribution in [0.2, 0.25) is 0 Å². The van der Waals surface area contributed by atoms with Crippen LogP contribution in [0.5, 0.6) is 0 Å². The zero-order valence-corrected chi connectivity index (χ0v) is 29.6. The van der Waals surface area contributed by atoms with Gasteiger partial charge in [-0.3, -0.25) is 9.80 Å². The van der Waals surface area contributed by atoms with E-state index in [1.54, 1.807) is 29.2 Å². The fourth-order valence-corrected chi connectivity index (χ4v) is 9.30. The highest BCUT2D eigenvalue weighted by molar-refractivity contribution is 5.67. The highest BCUT2D eigenvalue weighted by Crippen LogP contribution is 2.51. The van der Waals surface area contributed by atoms with Crippen LogP contribution in [-0.4, -0.2) is 119 Å². The fraction of sp³-hybridized carbons (Fsp3) is 0.632. The molecule has 1 aliphatic carbocycles. The van der Waals surface area contributed by atoms with Crippen LogP contribution < -0.4 is 10.2 Å². The second kappa shape index (κ2) is 15.5. The summed E-state index contributed by atoms with van der Waals surface area (Å²) >= 11 is 0. The molecule has 0 spiro atoms. The van der Waals surface area contributed by atoms with Crippen LogP contribution in [0.3, 0.4) is 0 Å². The standard InChI is InChI=1S/C38H51F3N6O3/c1-44(2)22-31-27(21-42)10-11-34(35(31)40)47-24-37(41,25-47)23-45-14-12-28(13-15-45)38(26-46-16-18-50-19-17-46,29-6-4-7-30(39)20-29)32-8-5-9-33(32)43-36(48)49-3/h4,6-7,10-11,20,28,32-33H,5,8-9,12-19,22-26H2,1-3H3,(H,43,48)/t32-,33-,38?/m0/s1. The van der Waals surface area contributed by atoms with Crippen molar-refractivity contribution in [3.8, 4) is 6.07 Å². The van der Waals surface area contributed by atoms with Gasteiger partial charge in [-0.05, 0) is 94.5 Å². The lowest BCUT2D eigenvalue weighted by molar-refractivity contribution is -0.0124. The molecule has 3 atom stereocenters. The summed E-state index contributed by atoms with van der Waals surface area (Å²) in [4.78, 5) is 20.7. The molecule has 1 N–H and O–H groups in total. The molecule has 4 fully saturated rings. The Labute approximate surface area is 294 Å². The number of piperidine rings is 1. The van der Waals surface area contributed by atoms with Crippen molar-refractivity contribution >= 4 is 11.8 Å². The van der Waals surface area contributed by atoms with Gasteiger partial charge in [0, 0.05) is 49.7 Å². The van der Waals surface area contributed by atoms with E-state index >= 15 is 13.2 Å². The smallest absolute Gasteiger partial charge is 0.407 e. The number of likely N-dealkylation sites (tertiary alicyclic amines) is 1. The predicted molar refractivity (Wildman–Crippen MR) is 186 cm³/mol. The number of ether oxygens (including phenoxy) is 2. The van der Waals surface area contributed by atoms with Gasteiger partial charge in [-0.25, -0.2) is 18.0 Å². The summed E-state index contributed by atoms with van der Waals surface area (Å²) in [5.41, 5.74) is -0.0145. The van der Waals surface area contributed by atoms with E-state index in [1.807, 2.05) is 19.0 Å². The van der Waals surface area contributed by atoms with Crippen molar-refractivity contribution < 1.29 is 27.4 Å². The second-order valence-electron chi connectivity index (χ2n) is 15.1. The molecule has 12 heteroatoms. The molecule has 0 radical (unpaired) electrons. The maximum absolute atomic E-state index is 16.2. The number of benzene rings is 2. The number of carbonyl (C=O) groups excluding carboxylic acids is 1. The van der Waals surface area contributed by atoms with Gasteiger partial charge in [0.2, 0.25) is 0 Å². The summed E-state index contributed by atoms with van der Waals surface area (Å²) in [6.07, 6.45) is 3.85. The van der Waals surface area contributed by atoms with Crippen molar-refractivity contribution in [1.82, 2.24) is 20.0 Å². The van der Waals surface area contributed by atoms with Gasteiger partial charge in [0.15, 0.2) is 11.5 Å². The first kappa shape index (κ1) is 36.4. The number of halogens is 3. The van der Waals surface area contributed by atoms with Crippen molar-refractivity contribution in [2.45, 2.75) is 55.8 Å². The molecule has 4 aliphatic rings. The number of hydrogen-bond donors (Lipinski definition) is 1. The topological polar surface area (TPSA) is 84.3 Å². The van der Waals surface area contributed by atoms with E-state index in [9.17, 15) is 10.1 Å². The van der Waals surface area contributed by atoms with Gasteiger partial charge >= 0.3 is 6.09 Å². The van der Waals surface area contributed by atoms with E-state index in [1.165, 1.54) is 13.2 Å². The lowest BCUT2D eigenvalue weighted by Gasteiger charge is -2.53. The Balaban J connectivity index is 1.20. The highest BCUT2D eigenvalue weighted by Gasteiger charge is 2.53. The van der Waals surface area contributed by atoms with E-state index in [-0.39, 0.29) is 49.9 Å². The number of nitrogens with zero attached hydrogens (tertiary/aromatic N) is 5. The first-order valence-corrected chi connectivity index (χ1v) is 18.0. The molecular formula is C38H51F3N6O3. The van der Waals surface area contributed by atoms with E-state index in [4.69, 9.17) is 9.47 Å². The van der Waals surface area contributed by atoms with Crippen LogP contribution in [0.15, 0.2) is 36.4 Å². The number of morpholine rings is 1. The number of methoxy groups -OCH3 is 1. The third kappa shape index (κ3) is 7.61. The predicted octanol–water partition coefficient (Wildman–Crippen LogP) is 4.93. The number of nitrogens with one attached hydrogen (secondary N) is 1. The number of hydrogen-bond acceptors (Lipinski definition) is 8. The molecule has 1 amide bonds. The van der Waals surface area contributed by atoms with Crippen LogP contribution >= 0.6 is 0 Å². The van der Waals surface area contributed by atoms with Gasteiger partial charge in [0.05, 0.1) is 50.7 Å². The van der Waals surface area contributed by atoms with Crippen LogP contribution in [0.1, 0.15) is 48.8 Å². The number of carbonyl (C=O) groups is 1. The minimum atomic E-state index is -1.48. The summed E-state index contributed by atoms with van der Waals surface area (Å²) in [6, 6.07) is 12.2. The van der Waals surface area contributed by atoms with Crippen molar-refractivity contribution in [3.63, 3.8) is 0 Å². The maximum Gasteiger partial charge on any atom is 0.407 e. The minimum Gasteiger partial charge on any atom is -0.453 e. The first-order valence-electron chi connectivity index (χ1n) is 18.0. The number of alkyl carbamates (subject to hydrolysis) is 1. The van der Waals surface area contributed by atoms with Gasteiger partial charge in [-0.2, -0.15) is 5.26 Å². The lowest BCUT2D eigenvalue weighted by Crippen LogP contribution is -2.65. The molecule has 3 aliphatic heterocycles. The first-order chi connectivity index (χ1) is 24.0. The average Bonchev–Trinajstić information content (AvgIpc) is 3.56. The van der Waals surface area contributed by atoms with Gasteiger partial charge < -0.3 is 24.6 Å². The van der Waals surface area contributed by atoms with Gasteiger partial charge in [-0.1, -0.05) is 18.6 Å². The van der Waals surface area contributed by atoms with Crippen molar-refractivity contribution in [2.75, 3.05) is 91.7 Å². The largest absolute Gasteiger partial charge is 0.453 e. The highest BCUT2D eigenvalue weighted by atomic mass is 19.1. The molecule has 2 aromatic carbocycles. The van der Waals surface area contributed by atoms with Crippen LogP contribution in [-0.2, 0) is 21.4 Å². The van der Waals surface area contributed by atoms with Crippen molar-refractivity contribution in [2.24, 2.45) is 11.8 Å². The molecule has 272 valence electrons. The summed E-state index contributed by atoms with van der Waals surface area (Å²) in [6.45, 7) is 5.69. The van der Waals surface area contributed by atoms with Gasteiger partial charge in [0.1, 0.15) is 5.82 Å². The Kier molecular flexibility index (Phi) is 11.3. The maximum atomic E-state index is 16.2. The zero-order valence-electron chi connectivity index (χ0n) is 29.6. The lowest BCUT2D eigenvalue weighted by atomic mass is 9.58. The average molecular weight is 697 g/mol. The van der Waals surface area contributed by atoms with E-state index in [2.05, 4.69) is 27.3 Å². The molecule has 2 aromatic rings. The molecule has 50 heavy (non-hydrogen) atoms. The van der Waals surface area contributed by atoms with E-state index in [0.29, 0.717) is 43.1 Å². The summed E-state index contributed by atoms with van der Waals surface area (Å²) < 4.78 is 57.6.